The normalized spacial score (nSPS) is 19.1. The number of aromatic nitrogens is 1. The lowest BCUT2D eigenvalue weighted by molar-refractivity contribution is 0.202. The van der Waals surface area contributed by atoms with Gasteiger partial charge >= 0.3 is 6.03 Å². The molecule has 5 nitrogen and oxygen atoms in total. The average molecular weight is 403 g/mol. The Morgan fingerprint density at radius 3 is 2.64 bits per heavy atom. The highest BCUT2D eigenvalue weighted by Crippen LogP contribution is 2.34. The molecule has 1 aromatic heterocycles. The largest absolute Gasteiger partial charge is 0.345 e. The Morgan fingerprint density at radius 2 is 2.04 bits per heavy atom. The van der Waals surface area contributed by atoms with Gasteiger partial charge in [0.2, 0.25) is 0 Å². The Labute approximate surface area is 169 Å². The van der Waals surface area contributed by atoms with E-state index < -0.39 is 0 Å². The van der Waals surface area contributed by atoms with Crippen LogP contribution in [0.2, 0.25) is 0 Å². The first kappa shape index (κ1) is 19.2. The van der Waals surface area contributed by atoms with Gasteiger partial charge in [-0.1, -0.05) is 0 Å². The summed E-state index contributed by atoms with van der Waals surface area (Å²) in [6.07, 6.45) is 4.51. The van der Waals surface area contributed by atoms with Crippen LogP contribution in [0.25, 0.3) is 0 Å². The van der Waals surface area contributed by atoms with E-state index in [1.807, 2.05) is 10.3 Å². The third-order valence-corrected chi connectivity index (χ3v) is 6.53. The van der Waals surface area contributed by atoms with Gasteiger partial charge in [-0.25, -0.2) is 14.2 Å². The van der Waals surface area contributed by atoms with Crippen molar-refractivity contribution in [1.29, 1.82) is 0 Å². The first-order valence-corrected chi connectivity index (χ1v) is 11.0. The van der Waals surface area contributed by atoms with Crippen LogP contribution in [-0.2, 0) is 6.54 Å². The lowest BCUT2D eigenvalue weighted by atomic mass is 10.2. The Hall–Kier alpha value is -2.15. The average Bonchev–Trinajstić information content (AvgIpc) is 3.26. The van der Waals surface area contributed by atoms with E-state index in [1.165, 1.54) is 25.0 Å². The van der Waals surface area contributed by atoms with Crippen LogP contribution in [0.1, 0.15) is 45.2 Å². The van der Waals surface area contributed by atoms with Gasteiger partial charge in [0.25, 0.3) is 0 Å². The minimum Gasteiger partial charge on any atom is -0.345 e. The number of hydrogen-bond donors (Lipinski definition) is 0. The van der Waals surface area contributed by atoms with Crippen molar-refractivity contribution in [2.75, 3.05) is 22.9 Å². The van der Waals surface area contributed by atoms with Gasteiger partial charge in [0.05, 0.1) is 12.2 Å². The lowest BCUT2D eigenvalue weighted by Gasteiger charge is -2.30. The number of halogens is 1. The van der Waals surface area contributed by atoms with Gasteiger partial charge in [0.15, 0.2) is 5.13 Å². The molecule has 2 fully saturated rings. The second-order valence-electron chi connectivity index (χ2n) is 7.67. The lowest BCUT2D eigenvalue weighted by Crippen LogP contribution is -2.44. The third kappa shape index (κ3) is 3.99. The van der Waals surface area contributed by atoms with Crippen molar-refractivity contribution >= 4 is 28.2 Å². The molecule has 1 atom stereocenters. The molecule has 0 radical (unpaired) electrons. The zero-order valence-electron chi connectivity index (χ0n) is 16.5. The molecule has 1 saturated heterocycles. The summed E-state index contributed by atoms with van der Waals surface area (Å²) < 4.78 is 13.4. The third-order valence-electron chi connectivity index (χ3n) is 5.60. The first-order chi connectivity index (χ1) is 13.6. The molecular formula is C21H27FN4OS. The summed E-state index contributed by atoms with van der Waals surface area (Å²) in [6.45, 7) is 6.35. The molecule has 2 amide bonds. The summed E-state index contributed by atoms with van der Waals surface area (Å²) in [7, 11) is 0. The number of thiazole rings is 1. The van der Waals surface area contributed by atoms with E-state index in [4.69, 9.17) is 4.98 Å². The van der Waals surface area contributed by atoms with Gasteiger partial charge in [-0.05, 0) is 63.8 Å². The van der Waals surface area contributed by atoms with Crippen molar-refractivity contribution in [2.45, 2.75) is 58.2 Å². The number of anilines is 2. The molecule has 0 spiro atoms. The van der Waals surface area contributed by atoms with Crippen molar-refractivity contribution in [3.63, 3.8) is 0 Å². The van der Waals surface area contributed by atoms with Crippen molar-refractivity contribution in [3.05, 3.63) is 41.2 Å². The SMILES string of the molecule is CCN(c1nc(CN(C(=O)N2CCC[C@H]2C)c2ccc(F)cc2)cs1)C1CC1. The Balaban J connectivity index is 1.57. The highest BCUT2D eigenvalue weighted by Gasteiger charge is 2.32. The van der Waals surface area contributed by atoms with Crippen LogP contribution in [0, 0.1) is 5.82 Å². The van der Waals surface area contributed by atoms with Crippen LogP contribution in [0.5, 0.6) is 0 Å². The summed E-state index contributed by atoms with van der Waals surface area (Å²) in [4.78, 5) is 24.1. The first-order valence-electron chi connectivity index (χ1n) is 10.1. The van der Waals surface area contributed by atoms with Crippen molar-refractivity contribution in [3.8, 4) is 0 Å². The zero-order valence-corrected chi connectivity index (χ0v) is 17.3. The van der Waals surface area contributed by atoms with Gasteiger partial charge in [-0.2, -0.15) is 0 Å². The maximum Gasteiger partial charge on any atom is 0.325 e. The molecule has 1 saturated carbocycles. The number of benzene rings is 1. The van der Waals surface area contributed by atoms with Crippen molar-refractivity contribution < 1.29 is 9.18 Å². The molecule has 1 aromatic carbocycles. The fourth-order valence-electron chi connectivity index (χ4n) is 3.86. The quantitative estimate of drug-likeness (QED) is 0.691. The standard InChI is InChI=1S/C21H27FN4OS/c1-3-24(18-10-11-18)20-23-17(14-28-20)13-26(19-8-6-16(22)7-9-19)21(27)25-12-4-5-15(25)2/h6-9,14-15,18H,3-5,10-13H2,1-2H3/t15-/m1/s1. The van der Waals surface area contributed by atoms with Crippen molar-refractivity contribution in [1.82, 2.24) is 9.88 Å². The number of likely N-dealkylation sites (tertiary alicyclic amines) is 1. The summed E-state index contributed by atoms with van der Waals surface area (Å²) in [5, 5.41) is 3.07. The maximum atomic E-state index is 13.4. The topological polar surface area (TPSA) is 39.7 Å². The molecular weight excluding hydrogens is 375 g/mol. The molecule has 150 valence electrons. The van der Waals surface area contributed by atoms with Crippen LogP contribution in [0.4, 0.5) is 20.0 Å². The molecule has 2 aromatic rings. The van der Waals surface area contributed by atoms with E-state index in [1.54, 1.807) is 28.4 Å². The fourth-order valence-corrected chi connectivity index (χ4v) is 4.81. The van der Waals surface area contributed by atoms with E-state index in [-0.39, 0.29) is 17.9 Å². The molecule has 2 heterocycles. The molecule has 0 unspecified atom stereocenters. The number of rotatable bonds is 6. The number of hydrogen-bond acceptors (Lipinski definition) is 4. The summed E-state index contributed by atoms with van der Waals surface area (Å²) >= 11 is 1.64. The number of nitrogens with zero attached hydrogens (tertiary/aromatic N) is 4. The predicted octanol–water partition coefficient (Wildman–Crippen LogP) is 4.88. The molecule has 1 aliphatic heterocycles. The Kier molecular flexibility index (Phi) is 5.53. The van der Waals surface area contributed by atoms with Crippen molar-refractivity contribution in [2.24, 2.45) is 0 Å². The smallest absolute Gasteiger partial charge is 0.325 e. The molecule has 0 N–H and O–H groups in total. The van der Waals surface area contributed by atoms with Crippen LogP contribution in [0.3, 0.4) is 0 Å². The monoisotopic (exact) mass is 402 g/mol. The molecule has 0 bridgehead atoms. The molecule has 2 aliphatic rings. The van der Waals surface area contributed by atoms with Gasteiger partial charge in [-0.3, -0.25) is 4.90 Å². The van der Waals surface area contributed by atoms with Gasteiger partial charge in [0, 0.05) is 36.2 Å². The fraction of sp³-hybridized carbons (Fsp3) is 0.524. The molecule has 4 rings (SSSR count). The van der Waals surface area contributed by atoms with Crippen LogP contribution < -0.4 is 9.80 Å². The summed E-state index contributed by atoms with van der Waals surface area (Å²) in [5.41, 5.74) is 1.58. The van der Waals surface area contributed by atoms with E-state index in [9.17, 15) is 9.18 Å². The highest BCUT2D eigenvalue weighted by molar-refractivity contribution is 7.13. The van der Waals surface area contributed by atoms with E-state index in [2.05, 4.69) is 18.7 Å². The highest BCUT2D eigenvalue weighted by atomic mass is 32.1. The number of carbonyl (C=O) groups excluding carboxylic acids is 1. The Bertz CT molecular complexity index is 820. The zero-order chi connectivity index (χ0) is 19.7. The Morgan fingerprint density at radius 1 is 1.29 bits per heavy atom. The maximum absolute atomic E-state index is 13.4. The number of carbonyl (C=O) groups is 1. The van der Waals surface area contributed by atoms with E-state index >= 15 is 0 Å². The molecule has 7 heteroatoms. The summed E-state index contributed by atoms with van der Waals surface area (Å²) in [6, 6.07) is 6.97. The van der Waals surface area contributed by atoms with Crippen LogP contribution in [0.15, 0.2) is 29.6 Å². The van der Waals surface area contributed by atoms with Crippen LogP contribution >= 0.6 is 11.3 Å². The number of urea groups is 1. The summed E-state index contributed by atoms with van der Waals surface area (Å²) in [5.74, 6) is -0.301. The van der Waals surface area contributed by atoms with Gasteiger partial charge in [-0.15, -0.1) is 11.3 Å². The van der Waals surface area contributed by atoms with Gasteiger partial charge < -0.3 is 9.80 Å². The van der Waals surface area contributed by atoms with E-state index in [0.717, 1.165) is 36.8 Å². The molecule has 1 aliphatic carbocycles. The minimum absolute atomic E-state index is 0.0271. The molecule has 28 heavy (non-hydrogen) atoms. The van der Waals surface area contributed by atoms with Crippen LogP contribution in [-0.4, -0.2) is 41.1 Å². The minimum atomic E-state index is -0.301. The second-order valence-corrected chi connectivity index (χ2v) is 8.50. The number of amides is 2. The van der Waals surface area contributed by atoms with Gasteiger partial charge in [0.1, 0.15) is 5.82 Å². The van der Waals surface area contributed by atoms with E-state index in [0.29, 0.717) is 18.3 Å². The second kappa shape index (κ2) is 8.07. The predicted molar refractivity (Wildman–Crippen MR) is 112 cm³/mol.